The number of nitrogens with zero attached hydrogens (tertiary/aromatic N) is 3. The van der Waals surface area contributed by atoms with E-state index in [-0.39, 0.29) is 6.61 Å². The quantitative estimate of drug-likeness (QED) is 0.918. The molecule has 4 rings (SSSR count). The molecule has 4 nitrogen and oxygen atoms in total. The van der Waals surface area contributed by atoms with Crippen LogP contribution in [0.3, 0.4) is 0 Å². The first kappa shape index (κ1) is 15.6. The SMILES string of the molecule is OC[C@H]1CN(c2nc3ccc(Cl)cc3s2)C[C@H]1CN1CCCC1. The molecule has 0 radical (unpaired) electrons. The summed E-state index contributed by atoms with van der Waals surface area (Å²) in [4.78, 5) is 9.66. The van der Waals surface area contributed by atoms with E-state index in [0.717, 1.165) is 40.0 Å². The minimum absolute atomic E-state index is 0.270. The van der Waals surface area contributed by atoms with E-state index in [2.05, 4.69) is 9.80 Å². The Morgan fingerprint density at radius 1 is 1.22 bits per heavy atom. The lowest BCUT2D eigenvalue weighted by Crippen LogP contribution is -2.31. The fourth-order valence-corrected chi connectivity index (χ4v) is 5.09. The predicted molar refractivity (Wildman–Crippen MR) is 96.6 cm³/mol. The Kier molecular flexibility index (Phi) is 4.46. The lowest BCUT2D eigenvalue weighted by Gasteiger charge is -2.22. The van der Waals surface area contributed by atoms with E-state index >= 15 is 0 Å². The van der Waals surface area contributed by atoms with Crippen molar-refractivity contribution in [1.82, 2.24) is 9.88 Å². The van der Waals surface area contributed by atoms with Gasteiger partial charge in [-0.1, -0.05) is 22.9 Å². The van der Waals surface area contributed by atoms with Crippen molar-refractivity contribution >= 4 is 38.3 Å². The van der Waals surface area contributed by atoms with Gasteiger partial charge in [0.05, 0.1) is 10.2 Å². The zero-order valence-corrected chi connectivity index (χ0v) is 14.7. The number of aliphatic hydroxyl groups excluding tert-OH is 1. The Morgan fingerprint density at radius 2 is 2.00 bits per heavy atom. The maximum absolute atomic E-state index is 9.77. The number of thiazole rings is 1. The van der Waals surface area contributed by atoms with Gasteiger partial charge in [0.25, 0.3) is 0 Å². The molecular weight excluding hydrogens is 330 g/mol. The normalized spacial score (nSPS) is 25.7. The largest absolute Gasteiger partial charge is 0.396 e. The lowest BCUT2D eigenvalue weighted by molar-refractivity contribution is 0.176. The van der Waals surface area contributed by atoms with Crippen LogP contribution in [0.25, 0.3) is 10.2 Å². The van der Waals surface area contributed by atoms with Gasteiger partial charge in [-0.3, -0.25) is 0 Å². The highest BCUT2D eigenvalue weighted by Gasteiger charge is 2.35. The van der Waals surface area contributed by atoms with E-state index in [1.165, 1.54) is 25.9 Å². The molecule has 0 amide bonds. The van der Waals surface area contributed by atoms with Gasteiger partial charge >= 0.3 is 0 Å². The van der Waals surface area contributed by atoms with Crippen molar-refractivity contribution in [3.8, 4) is 0 Å². The summed E-state index contributed by atoms with van der Waals surface area (Å²) in [6, 6.07) is 5.86. The Morgan fingerprint density at radius 3 is 2.78 bits per heavy atom. The third kappa shape index (κ3) is 3.20. The van der Waals surface area contributed by atoms with Crippen LogP contribution in [0.15, 0.2) is 18.2 Å². The molecule has 0 spiro atoms. The molecule has 0 bridgehead atoms. The van der Waals surface area contributed by atoms with E-state index in [4.69, 9.17) is 16.6 Å². The van der Waals surface area contributed by atoms with Crippen molar-refractivity contribution in [2.24, 2.45) is 11.8 Å². The average molecular weight is 352 g/mol. The van der Waals surface area contributed by atoms with Crippen molar-refractivity contribution < 1.29 is 5.11 Å². The number of fused-ring (bicyclic) bond motifs is 1. The molecule has 124 valence electrons. The van der Waals surface area contributed by atoms with Crippen LogP contribution < -0.4 is 4.90 Å². The minimum Gasteiger partial charge on any atom is -0.396 e. The molecule has 6 heteroatoms. The van der Waals surface area contributed by atoms with Crippen molar-refractivity contribution in [3.05, 3.63) is 23.2 Å². The predicted octanol–water partition coefficient (Wildman–Crippen LogP) is 3.09. The molecular formula is C17H22ClN3OS. The maximum atomic E-state index is 9.77. The second-order valence-corrected chi connectivity index (χ2v) is 8.17. The van der Waals surface area contributed by atoms with Gasteiger partial charge in [0.15, 0.2) is 5.13 Å². The zero-order chi connectivity index (χ0) is 15.8. The molecule has 1 N–H and O–H groups in total. The van der Waals surface area contributed by atoms with Crippen molar-refractivity contribution in [3.63, 3.8) is 0 Å². The smallest absolute Gasteiger partial charge is 0.186 e. The second kappa shape index (κ2) is 6.55. The number of aromatic nitrogens is 1. The minimum atomic E-state index is 0.270. The monoisotopic (exact) mass is 351 g/mol. The summed E-state index contributed by atoms with van der Waals surface area (Å²) in [5.74, 6) is 0.889. The highest BCUT2D eigenvalue weighted by atomic mass is 35.5. The number of anilines is 1. The number of halogens is 1. The molecule has 2 saturated heterocycles. The first-order valence-corrected chi connectivity index (χ1v) is 9.56. The number of benzene rings is 1. The average Bonchev–Trinajstić information content (AvgIpc) is 3.25. The van der Waals surface area contributed by atoms with Gasteiger partial charge in [-0.15, -0.1) is 0 Å². The van der Waals surface area contributed by atoms with Gasteiger partial charge in [-0.25, -0.2) is 4.98 Å². The van der Waals surface area contributed by atoms with Crippen LogP contribution >= 0.6 is 22.9 Å². The summed E-state index contributed by atoms with van der Waals surface area (Å²) >= 11 is 7.78. The fraction of sp³-hybridized carbons (Fsp3) is 0.588. The Balaban J connectivity index is 1.51. The molecule has 2 aromatic rings. The fourth-order valence-electron chi connectivity index (χ4n) is 3.83. The van der Waals surface area contributed by atoms with Crippen LogP contribution in [0.2, 0.25) is 5.02 Å². The summed E-state index contributed by atoms with van der Waals surface area (Å²) in [7, 11) is 0. The molecule has 2 atom stereocenters. The molecule has 0 aliphatic carbocycles. The molecule has 1 aromatic heterocycles. The lowest BCUT2D eigenvalue weighted by atomic mass is 9.96. The van der Waals surface area contributed by atoms with Crippen molar-refractivity contribution in [2.75, 3.05) is 44.2 Å². The van der Waals surface area contributed by atoms with Gasteiger partial charge in [-0.2, -0.15) is 0 Å². The molecule has 2 aliphatic heterocycles. The highest BCUT2D eigenvalue weighted by Crippen LogP contribution is 2.35. The molecule has 2 fully saturated rings. The Labute approximate surface area is 145 Å². The van der Waals surface area contributed by atoms with Gasteiger partial charge in [0.2, 0.25) is 0 Å². The third-order valence-electron chi connectivity index (χ3n) is 5.11. The van der Waals surface area contributed by atoms with E-state index in [9.17, 15) is 5.11 Å². The summed E-state index contributed by atoms with van der Waals surface area (Å²) < 4.78 is 1.14. The van der Waals surface area contributed by atoms with Gasteiger partial charge in [0, 0.05) is 37.2 Å². The summed E-state index contributed by atoms with van der Waals surface area (Å²) in [5.41, 5.74) is 1.01. The Hall–Kier alpha value is -0.880. The Bertz CT molecular complexity index is 686. The summed E-state index contributed by atoms with van der Waals surface area (Å²) in [5, 5.41) is 11.6. The van der Waals surface area contributed by atoms with Crippen LogP contribution in [0.5, 0.6) is 0 Å². The second-order valence-electron chi connectivity index (χ2n) is 6.72. The molecule has 0 unspecified atom stereocenters. The molecule has 1 aromatic carbocycles. The van der Waals surface area contributed by atoms with E-state index in [1.807, 2.05) is 18.2 Å². The standard InChI is InChI=1S/C17H22ClN3OS/c18-14-3-4-15-16(7-14)23-17(19-15)21-9-12(13(10-21)11-22)8-20-5-1-2-6-20/h3-4,7,12-13,22H,1-2,5-6,8-11H2/t12-,13-/m1/s1. The van der Waals surface area contributed by atoms with Gasteiger partial charge in [0.1, 0.15) is 0 Å². The number of hydrogen-bond donors (Lipinski definition) is 1. The number of hydrogen-bond acceptors (Lipinski definition) is 5. The molecule has 2 aliphatic rings. The van der Waals surface area contributed by atoms with E-state index in [0.29, 0.717) is 11.8 Å². The first-order valence-electron chi connectivity index (χ1n) is 8.37. The van der Waals surface area contributed by atoms with Gasteiger partial charge < -0.3 is 14.9 Å². The topological polar surface area (TPSA) is 39.6 Å². The van der Waals surface area contributed by atoms with Crippen LogP contribution in [0, 0.1) is 11.8 Å². The van der Waals surface area contributed by atoms with Crippen LogP contribution in [0.1, 0.15) is 12.8 Å². The maximum Gasteiger partial charge on any atom is 0.186 e. The van der Waals surface area contributed by atoms with Crippen LogP contribution in [-0.4, -0.2) is 54.3 Å². The van der Waals surface area contributed by atoms with E-state index < -0.39 is 0 Å². The van der Waals surface area contributed by atoms with Crippen LogP contribution in [-0.2, 0) is 0 Å². The molecule has 0 saturated carbocycles. The van der Waals surface area contributed by atoms with Crippen molar-refractivity contribution in [1.29, 1.82) is 0 Å². The van der Waals surface area contributed by atoms with E-state index in [1.54, 1.807) is 11.3 Å². The molecule has 3 heterocycles. The number of likely N-dealkylation sites (tertiary alicyclic amines) is 1. The highest BCUT2D eigenvalue weighted by molar-refractivity contribution is 7.22. The van der Waals surface area contributed by atoms with Gasteiger partial charge in [-0.05, 0) is 50.0 Å². The number of rotatable bonds is 4. The summed E-state index contributed by atoms with van der Waals surface area (Å²) in [6.45, 7) is 5.71. The molecule has 23 heavy (non-hydrogen) atoms. The van der Waals surface area contributed by atoms with Crippen LogP contribution in [0.4, 0.5) is 5.13 Å². The summed E-state index contributed by atoms with van der Waals surface area (Å²) in [6.07, 6.45) is 2.64. The van der Waals surface area contributed by atoms with Crippen molar-refractivity contribution in [2.45, 2.75) is 12.8 Å². The zero-order valence-electron chi connectivity index (χ0n) is 13.1. The number of aliphatic hydroxyl groups is 1. The first-order chi connectivity index (χ1) is 11.2. The third-order valence-corrected chi connectivity index (χ3v) is 6.43.